The molecule has 2 bridgehead atoms. The van der Waals surface area contributed by atoms with Gasteiger partial charge in [-0.25, -0.2) is 19.8 Å². The number of ether oxygens (including phenoxy) is 4. The van der Waals surface area contributed by atoms with Gasteiger partial charge in [-0.05, 0) is 44.2 Å². The molecule has 1 fully saturated rings. The lowest BCUT2D eigenvalue weighted by Crippen LogP contribution is -2.45. The SMILES string of the molecule is CO[C@H]1/C=C\C=C(/C)C(=O)N=c2cc3c(c(c2O)C[C@@H](C)C[C@H](OC)[C@H](O)[C@@H](C)/C=C(\C)[C@@H]1OC(N)=O)=NC(/N=C(\N)N1CCOCC1)=N3. The maximum atomic E-state index is 13.3. The van der Waals surface area contributed by atoms with E-state index in [-0.39, 0.29) is 40.9 Å². The number of aromatic hydroxyl groups is 1. The molecule has 6 atom stereocenters. The molecule has 49 heavy (non-hydrogen) atoms. The normalized spacial score (nSPS) is 30.1. The van der Waals surface area contributed by atoms with Crippen LogP contribution in [0, 0.1) is 11.8 Å². The molecule has 0 spiro atoms. The molecule has 0 aliphatic carbocycles. The molecule has 0 radical (unpaired) electrons. The summed E-state index contributed by atoms with van der Waals surface area (Å²) >= 11 is 0. The third-order valence-electron chi connectivity index (χ3n) is 8.72. The van der Waals surface area contributed by atoms with E-state index in [1.807, 2.05) is 18.7 Å². The summed E-state index contributed by atoms with van der Waals surface area (Å²) in [7, 11) is 2.97. The van der Waals surface area contributed by atoms with E-state index in [1.165, 1.54) is 26.4 Å². The maximum Gasteiger partial charge on any atom is 0.405 e. The Kier molecular flexibility index (Phi) is 12.8. The third kappa shape index (κ3) is 9.38. The fourth-order valence-electron chi connectivity index (χ4n) is 6.00. The monoisotopic (exact) mass is 681 g/mol. The first-order valence-electron chi connectivity index (χ1n) is 16.2. The predicted molar refractivity (Wildman–Crippen MR) is 182 cm³/mol. The van der Waals surface area contributed by atoms with Crippen LogP contribution in [0.15, 0.2) is 61.5 Å². The molecule has 0 saturated carbocycles. The summed E-state index contributed by atoms with van der Waals surface area (Å²) in [6.07, 6.45) is 2.96. The number of morpholine rings is 1. The number of carbonyl (C=O) groups is 2. The van der Waals surface area contributed by atoms with Gasteiger partial charge in [-0.1, -0.05) is 38.2 Å². The van der Waals surface area contributed by atoms with Crippen molar-refractivity contribution in [1.82, 2.24) is 4.90 Å². The fraction of sp³-hybridized carbons (Fsp3) is 0.529. The van der Waals surface area contributed by atoms with Crippen LogP contribution in [0.5, 0.6) is 5.75 Å². The van der Waals surface area contributed by atoms with Crippen molar-refractivity contribution in [3.63, 3.8) is 0 Å². The van der Waals surface area contributed by atoms with E-state index in [9.17, 15) is 19.8 Å². The van der Waals surface area contributed by atoms with Crippen LogP contribution >= 0.6 is 0 Å². The van der Waals surface area contributed by atoms with E-state index >= 15 is 0 Å². The third-order valence-corrected chi connectivity index (χ3v) is 8.72. The smallest absolute Gasteiger partial charge is 0.405 e. The highest BCUT2D eigenvalue weighted by Gasteiger charge is 2.30. The van der Waals surface area contributed by atoms with Crippen molar-refractivity contribution in [2.75, 3.05) is 40.5 Å². The van der Waals surface area contributed by atoms with Crippen molar-refractivity contribution in [3.05, 3.63) is 57.8 Å². The standard InChI is InChI=1S/C34H47N7O8/c1-18-14-22-27-23(38-34(39-27)40-32(35)41-10-12-48-13-11-41)17-24(29(22)43)37-31(44)19(2)8-7-9-25(46-5)30(49-33(36)45)21(4)16-20(3)28(42)26(15-18)47-6/h7-9,16-18,20,25-26,28,30,42-43H,10-15H2,1-6H3,(H2,36,45)(H2,35,38,40)/b9-7-,19-8+,21-16+,37-24?/t18-,20+,25+,26+,28-,30+/m1/s1. The number of allylic oxidation sites excluding steroid dienone is 2. The number of fused-ring (bicyclic) bond motifs is 4. The van der Waals surface area contributed by atoms with Gasteiger partial charge in [-0.3, -0.25) is 4.79 Å². The van der Waals surface area contributed by atoms with Gasteiger partial charge in [0.05, 0.1) is 36.5 Å². The zero-order valence-corrected chi connectivity index (χ0v) is 28.8. The first kappa shape index (κ1) is 37.4. The average Bonchev–Trinajstić information content (AvgIpc) is 3.47. The van der Waals surface area contributed by atoms with Gasteiger partial charge in [0.1, 0.15) is 17.2 Å². The number of aliphatic imine (C=N–C) groups is 2. The molecule has 4 rings (SSSR count). The summed E-state index contributed by atoms with van der Waals surface area (Å²) < 4.78 is 22.2. The second-order valence-corrected chi connectivity index (χ2v) is 12.5. The van der Waals surface area contributed by atoms with Gasteiger partial charge >= 0.3 is 6.09 Å². The van der Waals surface area contributed by atoms with Crippen molar-refractivity contribution in [2.45, 2.75) is 65.0 Å². The molecule has 0 unspecified atom stereocenters. The lowest BCUT2D eigenvalue weighted by molar-refractivity contribution is -0.114. The highest BCUT2D eigenvalue weighted by Crippen LogP contribution is 2.26. The average molecular weight is 682 g/mol. The molecule has 15 heteroatoms. The van der Waals surface area contributed by atoms with Gasteiger partial charge in [-0.2, -0.15) is 4.99 Å². The van der Waals surface area contributed by atoms with Crippen LogP contribution in [-0.2, 0) is 30.2 Å². The number of guanidine groups is 2. The number of phenolic OH excluding ortho intramolecular Hbond substituents is 1. The summed E-state index contributed by atoms with van der Waals surface area (Å²) in [6.45, 7) is 9.34. The van der Waals surface area contributed by atoms with Crippen LogP contribution in [0.3, 0.4) is 0 Å². The lowest BCUT2D eigenvalue weighted by atomic mass is 9.88. The largest absolute Gasteiger partial charge is 0.505 e. The number of primary amides is 1. The Labute approximate surface area is 285 Å². The molecule has 1 aromatic rings. The number of methoxy groups -OCH3 is 2. The van der Waals surface area contributed by atoms with Crippen LogP contribution in [0.4, 0.5) is 10.5 Å². The number of rotatable bonds is 3. The quantitative estimate of drug-likeness (QED) is 0.204. The number of hydrogen-bond acceptors (Lipinski definition) is 11. The van der Waals surface area contributed by atoms with Crippen molar-refractivity contribution < 1.29 is 38.7 Å². The van der Waals surface area contributed by atoms with Crippen molar-refractivity contribution in [2.24, 2.45) is 43.3 Å². The molecular weight excluding hydrogens is 634 g/mol. The Morgan fingerprint density at radius 3 is 2.47 bits per heavy atom. The van der Waals surface area contributed by atoms with E-state index in [0.717, 1.165) is 0 Å². The maximum absolute atomic E-state index is 13.3. The number of aliphatic hydroxyl groups excluding tert-OH is 1. The van der Waals surface area contributed by atoms with Gasteiger partial charge < -0.3 is 45.5 Å². The van der Waals surface area contributed by atoms with Crippen molar-refractivity contribution in [3.8, 4) is 5.75 Å². The van der Waals surface area contributed by atoms with Gasteiger partial charge in [0.2, 0.25) is 0 Å². The Morgan fingerprint density at radius 1 is 1.10 bits per heavy atom. The van der Waals surface area contributed by atoms with Gasteiger partial charge in [0, 0.05) is 44.4 Å². The number of benzene rings is 1. The highest BCUT2D eigenvalue weighted by molar-refractivity contribution is 5.97. The number of nitrogens with zero attached hydrogens (tertiary/aromatic N) is 5. The summed E-state index contributed by atoms with van der Waals surface area (Å²) in [4.78, 5) is 44.8. The molecule has 2 amide bonds. The Bertz CT molecular complexity index is 1680. The molecule has 15 nitrogen and oxygen atoms in total. The van der Waals surface area contributed by atoms with Crippen molar-refractivity contribution in [1.29, 1.82) is 0 Å². The van der Waals surface area contributed by atoms with Gasteiger partial charge in [0.25, 0.3) is 11.9 Å². The van der Waals surface area contributed by atoms with E-state index in [4.69, 9.17) is 30.4 Å². The van der Waals surface area contributed by atoms with Gasteiger partial charge in [-0.15, -0.1) is 0 Å². The minimum atomic E-state index is -0.992. The molecular formula is C34H47N7O8. The number of hydrogen-bond donors (Lipinski definition) is 4. The molecule has 0 aromatic heterocycles. The zero-order valence-electron chi connectivity index (χ0n) is 28.8. The number of amides is 2. The molecule has 1 saturated heterocycles. The number of aliphatic hydroxyl groups is 1. The number of phenols is 1. The Morgan fingerprint density at radius 2 is 1.82 bits per heavy atom. The van der Waals surface area contributed by atoms with E-state index in [2.05, 4.69) is 20.0 Å². The molecule has 266 valence electrons. The topological polar surface area (TPSA) is 216 Å². The summed E-state index contributed by atoms with van der Waals surface area (Å²) in [5.41, 5.74) is 13.3. The summed E-state index contributed by atoms with van der Waals surface area (Å²) in [5, 5.41) is 23.3. The van der Waals surface area contributed by atoms with Crippen LogP contribution in [0.1, 0.15) is 39.7 Å². The van der Waals surface area contributed by atoms with Crippen LogP contribution in [0.25, 0.3) is 0 Å². The first-order chi connectivity index (χ1) is 23.3. The van der Waals surface area contributed by atoms with Crippen LogP contribution in [-0.4, -0.2) is 104 Å². The van der Waals surface area contributed by atoms with E-state index in [1.54, 1.807) is 32.1 Å². The lowest BCUT2D eigenvalue weighted by Gasteiger charge is -2.29. The predicted octanol–water partition coefficient (Wildman–Crippen LogP) is 1.33. The Hall–Kier alpha value is -4.44. The van der Waals surface area contributed by atoms with Crippen LogP contribution in [0.2, 0.25) is 0 Å². The Balaban J connectivity index is 1.82. The van der Waals surface area contributed by atoms with E-state index in [0.29, 0.717) is 54.9 Å². The minimum Gasteiger partial charge on any atom is -0.505 e. The first-order valence-corrected chi connectivity index (χ1v) is 16.2. The van der Waals surface area contributed by atoms with Crippen LogP contribution < -0.4 is 22.2 Å². The second kappa shape index (κ2) is 16.8. The number of nitrogens with two attached hydrogens (primary N) is 2. The number of carbonyl (C=O) groups excluding carboxylic acids is 2. The molecule has 6 N–H and O–H groups in total. The molecule has 1 aromatic carbocycles. The summed E-state index contributed by atoms with van der Waals surface area (Å²) in [6, 6.07) is 1.49. The minimum absolute atomic E-state index is 0.0207. The van der Waals surface area contributed by atoms with Gasteiger partial charge in [0.15, 0.2) is 12.1 Å². The molecule has 3 aliphatic rings. The zero-order chi connectivity index (χ0) is 35.8. The van der Waals surface area contributed by atoms with Crippen molar-refractivity contribution >= 4 is 29.6 Å². The fourth-order valence-corrected chi connectivity index (χ4v) is 6.00. The van der Waals surface area contributed by atoms with E-state index < -0.39 is 42.3 Å². The molecule has 3 aliphatic heterocycles. The highest BCUT2D eigenvalue weighted by atomic mass is 16.6. The summed E-state index contributed by atoms with van der Waals surface area (Å²) in [5.74, 6) is -1.04. The second-order valence-electron chi connectivity index (χ2n) is 12.5. The molecule has 3 heterocycles.